The van der Waals surface area contributed by atoms with E-state index in [0.29, 0.717) is 19.7 Å². The lowest BCUT2D eigenvalue weighted by atomic mass is 10.1. The van der Waals surface area contributed by atoms with E-state index in [-0.39, 0.29) is 5.57 Å². The van der Waals surface area contributed by atoms with Crippen LogP contribution in [-0.2, 0) is 16.1 Å². The zero-order valence-electron chi connectivity index (χ0n) is 14.0. The number of fused-ring (bicyclic) bond motifs is 1. The van der Waals surface area contributed by atoms with Gasteiger partial charge in [0, 0.05) is 42.4 Å². The Hall–Kier alpha value is -2.84. The van der Waals surface area contributed by atoms with Gasteiger partial charge in [0.1, 0.15) is 11.6 Å². The number of para-hydroxylation sites is 1. The lowest BCUT2D eigenvalue weighted by Gasteiger charge is -2.05. The number of methoxy groups -OCH3 is 1. The van der Waals surface area contributed by atoms with Crippen LogP contribution in [0.2, 0.25) is 0 Å². The van der Waals surface area contributed by atoms with E-state index in [1.165, 1.54) is 0 Å². The van der Waals surface area contributed by atoms with Crippen LogP contribution in [0, 0.1) is 18.3 Å². The number of carbonyl (C=O) groups excluding carboxylic acids is 1. The maximum atomic E-state index is 12.2. The van der Waals surface area contributed by atoms with Gasteiger partial charge in [-0.15, -0.1) is 6.58 Å². The maximum absolute atomic E-state index is 12.2. The molecule has 0 radical (unpaired) electrons. The SMILES string of the molecule is C=CCn1c(C)c(/C=C(\C#N)C(=O)NCCOC)c2ccccc21. The minimum atomic E-state index is -0.394. The van der Waals surface area contributed by atoms with Gasteiger partial charge in [-0.05, 0) is 19.1 Å². The molecule has 0 aliphatic carbocycles. The minimum absolute atomic E-state index is 0.0794. The molecule has 0 unspecified atom stereocenters. The monoisotopic (exact) mass is 323 g/mol. The van der Waals surface area contributed by atoms with Crippen LogP contribution in [0.5, 0.6) is 0 Å². The Labute approximate surface area is 141 Å². The van der Waals surface area contributed by atoms with Crippen molar-refractivity contribution in [3.63, 3.8) is 0 Å². The number of nitrogens with zero attached hydrogens (tertiary/aromatic N) is 2. The normalized spacial score (nSPS) is 11.3. The average Bonchev–Trinajstić information content (AvgIpc) is 2.85. The Kier molecular flexibility index (Phi) is 5.94. The van der Waals surface area contributed by atoms with Gasteiger partial charge in [0.25, 0.3) is 5.91 Å². The van der Waals surface area contributed by atoms with Crippen LogP contribution in [0.3, 0.4) is 0 Å². The van der Waals surface area contributed by atoms with E-state index in [0.717, 1.165) is 22.2 Å². The number of nitriles is 1. The summed E-state index contributed by atoms with van der Waals surface area (Å²) in [4.78, 5) is 12.2. The number of amides is 1. The van der Waals surface area contributed by atoms with Crippen molar-refractivity contribution in [3.05, 3.63) is 53.8 Å². The van der Waals surface area contributed by atoms with Crippen molar-refractivity contribution < 1.29 is 9.53 Å². The number of ether oxygens (including phenoxy) is 1. The lowest BCUT2D eigenvalue weighted by Crippen LogP contribution is -2.27. The van der Waals surface area contributed by atoms with E-state index in [4.69, 9.17) is 4.74 Å². The summed E-state index contributed by atoms with van der Waals surface area (Å²) >= 11 is 0. The number of benzene rings is 1. The average molecular weight is 323 g/mol. The van der Waals surface area contributed by atoms with Crippen molar-refractivity contribution in [1.29, 1.82) is 5.26 Å². The molecule has 24 heavy (non-hydrogen) atoms. The summed E-state index contributed by atoms with van der Waals surface area (Å²) < 4.78 is 7.02. The molecule has 5 nitrogen and oxygen atoms in total. The van der Waals surface area contributed by atoms with Crippen molar-refractivity contribution in [2.24, 2.45) is 0 Å². The van der Waals surface area contributed by atoms with E-state index >= 15 is 0 Å². The first kappa shape index (κ1) is 17.5. The molecule has 124 valence electrons. The molecule has 0 saturated heterocycles. The largest absolute Gasteiger partial charge is 0.383 e. The van der Waals surface area contributed by atoms with Crippen molar-refractivity contribution in [3.8, 4) is 6.07 Å². The van der Waals surface area contributed by atoms with Crippen molar-refractivity contribution in [2.75, 3.05) is 20.3 Å². The number of hydrogen-bond donors (Lipinski definition) is 1. The summed E-state index contributed by atoms with van der Waals surface area (Å²) in [5.41, 5.74) is 3.01. The van der Waals surface area contributed by atoms with Crippen LogP contribution in [0.4, 0.5) is 0 Å². The van der Waals surface area contributed by atoms with E-state index in [2.05, 4.69) is 16.5 Å². The lowest BCUT2D eigenvalue weighted by molar-refractivity contribution is -0.117. The number of nitrogens with one attached hydrogen (secondary N) is 1. The highest BCUT2D eigenvalue weighted by atomic mass is 16.5. The smallest absolute Gasteiger partial charge is 0.262 e. The van der Waals surface area contributed by atoms with Gasteiger partial charge in [-0.1, -0.05) is 24.3 Å². The van der Waals surface area contributed by atoms with Gasteiger partial charge in [0.05, 0.1) is 6.61 Å². The topological polar surface area (TPSA) is 67.0 Å². The highest BCUT2D eigenvalue weighted by molar-refractivity contribution is 6.04. The number of aromatic nitrogens is 1. The van der Waals surface area contributed by atoms with Gasteiger partial charge in [-0.25, -0.2) is 0 Å². The first-order valence-electron chi connectivity index (χ1n) is 7.71. The van der Waals surface area contributed by atoms with Gasteiger partial charge in [0.2, 0.25) is 0 Å². The van der Waals surface area contributed by atoms with Gasteiger partial charge in [-0.3, -0.25) is 4.79 Å². The van der Waals surface area contributed by atoms with Crippen molar-refractivity contribution in [1.82, 2.24) is 9.88 Å². The maximum Gasteiger partial charge on any atom is 0.262 e. The standard InChI is InChI=1S/C19H21N3O2/c1-4-10-22-14(2)17(16-7-5-6-8-18(16)22)12-15(13-20)19(23)21-9-11-24-3/h4-8,12H,1,9-11H2,2-3H3,(H,21,23)/b15-12+. The van der Waals surface area contributed by atoms with E-state index in [1.54, 1.807) is 13.2 Å². The van der Waals surface area contributed by atoms with Crippen LogP contribution < -0.4 is 5.32 Å². The molecule has 0 aliphatic heterocycles. The molecule has 0 saturated carbocycles. The second-order valence-corrected chi connectivity index (χ2v) is 5.33. The molecule has 1 amide bonds. The molecule has 5 heteroatoms. The fraction of sp³-hybridized carbons (Fsp3) is 0.263. The van der Waals surface area contributed by atoms with Crippen LogP contribution in [0.1, 0.15) is 11.3 Å². The third-order valence-electron chi connectivity index (χ3n) is 3.84. The number of allylic oxidation sites excluding steroid dienone is 1. The Morgan fingerprint density at radius 2 is 2.21 bits per heavy atom. The summed E-state index contributed by atoms with van der Waals surface area (Å²) in [6.45, 7) is 7.22. The predicted molar refractivity (Wildman–Crippen MR) is 95.3 cm³/mol. The third-order valence-corrected chi connectivity index (χ3v) is 3.84. The Morgan fingerprint density at radius 1 is 1.46 bits per heavy atom. The van der Waals surface area contributed by atoms with Crippen molar-refractivity contribution >= 4 is 22.9 Å². The molecule has 1 aromatic heterocycles. The molecule has 0 bridgehead atoms. The third kappa shape index (κ3) is 3.55. The molecule has 1 aromatic carbocycles. The molecule has 2 aromatic rings. The Balaban J connectivity index is 2.47. The van der Waals surface area contributed by atoms with Gasteiger partial charge < -0.3 is 14.6 Å². The molecular formula is C19H21N3O2. The van der Waals surface area contributed by atoms with Gasteiger partial charge >= 0.3 is 0 Å². The molecule has 1 heterocycles. The number of carbonyl (C=O) groups is 1. The van der Waals surface area contributed by atoms with E-state index in [1.807, 2.05) is 43.3 Å². The van der Waals surface area contributed by atoms with Gasteiger partial charge in [0.15, 0.2) is 0 Å². The highest BCUT2D eigenvalue weighted by Gasteiger charge is 2.15. The molecular weight excluding hydrogens is 302 g/mol. The molecule has 2 rings (SSSR count). The summed E-state index contributed by atoms with van der Waals surface area (Å²) in [5.74, 6) is -0.394. The van der Waals surface area contributed by atoms with Crippen molar-refractivity contribution in [2.45, 2.75) is 13.5 Å². The second-order valence-electron chi connectivity index (χ2n) is 5.33. The first-order valence-corrected chi connectivity index (χ1v) is 7.71. The van der Waals surface area contributed by atoms with Gasteiger partial charge in [-0.2, -0.15) is 5.26 Å². The molecule has 0 spiro atoms. The summed E-state index contributed by atoms with van der Waals surface area (Å²) in [5, 5.41) is 13.0. The first-order chi connectivity index (χ1) is 11.6. The fourth-order valence-corrected chi connectivity index (χ4v) is 2.66. The molecule has 0 fully saturated rings. The Morgan fingerprint density at radius 3 is 2.88 bits per heavy atom. The number of rotatable bonds is 7. The van der Waals surface area contributed by atoms with E-state index < -0.39 is 5.91 Å². The van der Waals surface area contributed by atoms with E-state index in [9.17, 15) is 10.1 Å². The summed E-state index contributed by atoms with van der Waals surface area (Å²) in [6, 6.07) is 9.92. The van der Waals surface area contributed by atoms with Crippen LogP contribution in [0.15, 0.2) is 42.5 Å². The zero-order valence-corrected chi connectivity index (χ0v) is 14.0. The summed E-state index contributed by atoms with van der Waals surface area (Å²) in [7, 11) is 1.56. The fourth-order valence-electron chi connectivity index (χ4n) is 2.66. The number of hydrogen-bond acceptors (Lipinski definition) is 3. The minimum Gasteiger partial charge on any atom is -0.383 e. The van der Waals surface area contributed by atoms with Crippen LogP contribution >= 0.6 is 0 Å². The Bertz CT molecular complexity index is 825. The molecule has 0 aliphatic rings. The van der Waals surface area contributed by atoms with Crippen LogP contribution in [0.25, 0.3) is 17.0 Å². The summed E-state index contributed by atoms with van der Waals surface area (Å²) in [6.07, 6.45) is 3.48. The molecule has 0 atom stereocenters. The second kappa shape index (κ2) is 8.14. The predicted octanol–water partition coefficient (Wildman–Crippen LogP) is 2.81. The quantitative estimate of drug-likeness (QED) is 0.369. The zero-order chi connectivity index (χ0) is 17.5. The highest BCUT2D eigenvalue weighted by Crippen LogP contribution is 2.28. The molecule has 1 N–H and O–H groups in total. The van der Waals surface area contributed by atoms with Crippen LogP contribution in [-0.4, -0.2) is 30.7 Å².